The fraction of sp³-hybridized carbons (Fsp3) is 0. The standard InChI is InChI=1S/C18H9Cl6Si/c19-10-1-4-16(13(22)7-10)25(17-5-2-11(20)8-14(17)23)18-6-3-12(21)9-15(18)24/h1-9H. The lowest BCUT2D eigenvalue weighted by Crippen LogP contribution is -2.53. The summed E-state index contributed by atoms with van der Waals surface area (Å²) in [7, 11) is -1.59. The third-order valence-corrected chi connectivity index (χ3v) is 8.64. The maximum Gasteiger partial charge on any atom is 0.160 e. The molecule has 3 aromatic rings. The predicted molar refractivity (Wildman–Crippen MR) is 114 cm³/mol. The van der Waals surface area contributed by atoms with Crippen LogP contribution in [0.15, 0.2) is 54.6 Å². The molecule has 0 saturated heterocycles. The van der Waals surface area contributed by atoms with Crippen LogP contribution in [0.1, 0.15) is 0 Å². The summed E-state index contributed by atoms with van der Waals surface area (Å²) in [5.74, 6) is 0. The summed E-state index contributed by atoms with van der Waals surface area (Å²) in [6.07, 6.45) is 0. The van der Waals surface area contributed by atoms with E-state index in [4.69, 9.17) is 69.6 Å². The maximum absolute atomic E-state index is 6.49. The SMILES string of the molecule is Clc1ccc([Si](c2ccc(Cl)cc2Cl)c2ccc(Cl)cc2Cl)c(Cl)c1. The van der Waals surface area contributed by atoms with Crippen LogP contribution >= 0.6 is 69.6 Å². The zero-order chi connectivity index (χ0) is 18.1. The van der Waals surface area contributed by atoms with Gasteiger partial charge in [0, 0.05) is 30.1 Å². The van der Waals surface area contributed by atoms with Crippen molar-refractivity contribution in [2.75, 3.05) is 0 Å². The van der Waals surface area contributed by atoms with Gasteiger partial charge >= 0.3 is 0 Å². The van der Waals surface area contributed by atoms with E-state index in [0.717, 1.165) is 15.6 Å². The summed E-state index contributed by atoms with van der Waals surface area (Å²) in [6, 6.07) is 16.3. The Kier molecular flexibility index (Phi) is 6.28. The van der Waals surface area contributed by atoms with Gasteiger partial charge in [0.05, 0.1) is 0 Å². The molecule has 0 heterocycles. The van der Waals surface area contributed by atoms with Gasteiger partial charge in [-0.3, -0.25) is 0 Å². The molecule has 0 fully saturated rings. The molecule has 0 atom stereocenters. The number of hydrogen-bond donors (Lipinski definition) is 0. The van der Waals surface area contributed by atoms with E-state index in [9.17, 15) is 0 Å². The van der Waals surface area contributed by atoms with Gasteiger partial charge in [0.1, 0.15) is 0 Å². The second-order valence-corrected chi connectivity index (χ2v) is 10.1. The average molecular weight is 466 g/mol. The number of benzene rings is 3. The molecule has 0 spiro atoms. The molecular weight excluding hydrogens is 457 g/mol. The lowest BCUT2D eigenvalue weighted by Gasteiger charge is -2.20. The average Bonchev–Trinajstić information content (AvgIpc) is 2.52. The molecule has 1 radical (unpaired) electrons. The monoisotopic (exact) mass is 463 g/mol. The molecule has 127 valence electrons. The number of rotatable bonds is 3. The van der Waals surface area contributed by atoms with Crippen molar-refractivity contribution in [3.63, 3.8) is 0 Å². The minimum atomic E-state index is -1.59. The highest BCUT2D eigenvalue weighted by atomic mass is 35.5. The van der Waals surface area contributed by atoms with E-state index in [1.807, 2.05) is 18.2 Å². The van der Waals surface area contributed by atoms with Crippen molar-refractivity contribution < 1.29 is 0 Å². The highest BCUT2D eigenvalue weighted by Crippen LogP contribution is 2.20. The molecule has 0 amide bonds. The summed E-state index contributed by atoms with van der Waals surface area (Å²) in [5.41, 5.74) is 0. The Labute approximate surface area is 177 Å². The quantitative estimate of drug-likeness (QED) is 0.322. The molecule has 0 unspecified atom stereocenters. The van der Waals surface area contributed by atoms with E-state index in [1.165, 1.54) is 0 Å². The first-order chi connectivity index (χ1) is 11.9. The van der Waals surface area contributed by atoms with Crippen molar-refractivity contribution >= 4 is 94.0 Å². The first-order valence-electron chi connectivity index (χ1n) is 7.10. The van der Waals surface area contributed by atoms with Crippen LogP contribution in [-0.2, 0) is 0 Å². The summed E-state index contributed by atoms with van der Waals surface area (Å²) in [4.78, 5) is 0. The van der Waals surface area contributed by atoms with Crippen LogP contribution in [-0.4, -0.2) is 8.80 Å². The Balaban J connectivity index is 2.27. The molecule has 0 aliphatic carbocycles. The van der Waals surface area contributed by atoms with Crippen LogP contribution < -0.4 is 15.6 Å². The third-order valence-electron chi connectivity index (χ3n) is 3.60. The van der Waals surface area contributed by atoms with Gasteiger partial charge in [-0.15, -0.1) is 0 Å². The highest BCUT2D eigenvalue weighted by Gasteiger charge is 2.26. The van der Waals surface area contributed by atoms with Crippen molar-refractivity contribution in [1.29, 1.82) is 0 Å². The van der Waals surface area contributed by atoms with E-state index < -0.39 is 8.80 Å². The van der Waals surface area contributed by atoms with Gasteiger partial charge in [0.25, 0.3) is 0 Å². The number of hydrogen-bond acceptors (Lipinski definition) is 0. The molecular formula is C18H9Cl6Si. The molecule has 0 nitrogen and oxygen atoms in total. The lowest BCUT2D eigenvalue weighted by molar-refractivity contribution is 1.70. The molecule has 0 aromatic heterocycles. The van der Waals surface area contributed by atoms with Crippen molar-refractivity contribution in [1.82, 2.24) is 0 Å². The zero-order valence-electron chi connectivity index (χ0n) is 12.5. The zero-order valence-corrected chi connectivity index (χ0v) is 18.0. The third kappa shape index (κ3) is 4.31. The van der Waals surface area contributed by atoms with Gasteiger partial charge in [-0.2, -0.15) is 0 Å². The van der Waals surface area contributed by atoms with Crippen LogP contribution in [0.4, 0.5) is 0 Å². The van der Waals surface area contributed by atoms with E-state index in [0.29, 0.717) is 30.1 Å². The molecule has 0 aliphatic rings. The van der Waals surface area contributed by atoms with Gasteiger partial charge in [0.2, 0.25) is 0 Å². The molecule has 3 aromatic carbocycles. The second-order valence-electron chi connectivity index (χ2n) is 5.25. The van der Waals surface area contributed by atoms with Gasteiger partial charge in [0.15, 0.2) is 8.80 Å². The van der Waals surface area contributed by atoms with Gasteiger partial charge in [-0.25, -0.2) is 0 Å². The Bertz CT molecular complexity index is 818. The molecule has 3 rings (SSSR count). The summed E-state index contributed by atoms with van der Waals surface area (Å²) >= 11 is 37.7. The Morgan fingerprint density at radius 2 is 0.720 bits per heavy atom. The summed E-state index contributed by atoms with van der Waals surface area (Å²) < 4.78 is 0. The lowest BCUT2D eigenvalue weighted by atomic mass is 10.3. The molecule has 7 heteroatoms. The predicted octanol–water partition coefficient (Wildman–Crippen LogP) is 6.12. The molecule has 25 heavy (non-hydrogen) atoms. The van der Waals surface area contributed by atoms with E-state index >= 15 is 0 Å². The number of halogens is 6. The fourth-order valence-electron chi connectivity index (χ4n) is 2.51. The van der Waals surface area contributed by atoms with Crippen LogP contribution in [0.2, 0.25) is 30.1 Å². The first kappa shape index (κ1) is 19.4. The molecule has 0 N–H and O–H groups in total. The summed E-state index contributed by atoms with van der Waals surface area (Å²) in [5, 5.41) is 6.22. The van der Waals surface area contributed by atoms with Gasteiger partial charge < -0.3 is 0 Å². The normalized spacial score (nSPS) is 11.2. The van der Waals surface area contributed by atoms with Crippen molar-refractivity contribution in [2.45, 2.75) is 0 Å². The van der Waals surface area contributed by atoms with E-state index in [2.05, 4.69) is 0 Å². The van der Waals surface area contributed by atoms with Crippen LogP contribution in [0.25, 0.3) is 0 Å². The second kappa shape index (κ2) is 8.10. The van der Waals surface area contributed by atoms with Gasteiger partial charge in [-0.1, -0.05) is 87.8 Å². The maximum atomic E-state index is 6.49. The van der Waals surface area contributed by atoms with E-state index in [-0.39, 0.29) is 0 Å². The van der Waals surface area contributed by atoms with Crippen LogP contribution in [0.3, 0.4) is 0 Å². The fourth-order valence-corrected chi connectivity index (χ4v) is 7.14. The summed E-state index contributed by atoms with van der Waals surface area (Å²) in [6.45, 7) is 0. The smallest absolute Gasteiger partial charge is 0.0844 e. The molecule has 0 bridgehead atoms. The highest BCUT2D eigenvalue weighted by molar-refractivity contribution is 6.98. The Morgan fingerprint density at radius 1 is 0.440 bits per heavy atom. The Morgan fingerprint density at radius 3 is 0.960 bits per heavy atom. The van der Waals surface area contributed by atoms with Crippen LogP contribution in [0.5, 0.6) is 0 Å². The minimum absolute atomic E-state index is 0.568. The largest absolute Gasteiger partial charge is 0.160 e. The van der Waals surface area contributed by atoms with Crippen LogP contribution in [0, 0.1) is 0 Å². The van der Waals surface area contributed by atoms with Crippen molar-refractivity contribution in [3.8, 4) is 0 Å². The van der Waals surface area contributed by atoms with Crippen molar-refractivity contribution in [3.05, 3.63) is 84.7 Å². The van der Waals surface area contributed by atoms with E-state index in [1.54, 1.807) is 36.4 Å². The molecule has 0 aliphatic heterocycles. The first-order valence-corrected chi connectivity index (χ1v) is 10.9. The minimum Gasteiger partial charge on any atom is -0.0844 e. The molecule has 0 saturated carbocycles. The topological polar surface area (TPSA) is 0 Å². The van der Waals surface area contributed by atoms with Gasteiger partial charge in [-0.05, 0) is 52.0 Å². The Hall–Kier alpha value is -0.383. The van der Waals surface area contributed by atoms with Crippen molar-refractivity contribution in [2.24, 2.45) is 0 Å².